The minimum Gasteiger partial charge on any atom is -0.507 e. The molecule has 0 unspecified atom stereocenters. The molecular weight excluding hydrogens is 294 g/mol. The van der Waals surface area contributed by atoms with Crippen molar-refractivity contribution in [2.45, 2.75) is 6.92 Å². The number of halogens is 1. The SMILES string of the molecule is Cc1ccc(NC(=O)c2ccccc2O)cc1Br. The van der Waals surface area contributed by atoms with E-state index >= 15 is 0 Å². The van der Waals surface area contributed by atoms with Gasteiger partial charge < -0.3 is 10.4 Å². The van der Waals surface area contributed by atoms with Crippen LogP contribution in [0.5, 0.6) is 5.75 Å². The molecular formula is C14H12BrNO2. The molecule has 0 fully saturated rings. The van der Waals surface area contributed by atoms with Crippen LogP contribution in [0.4, 0.5) is 5.69 Å². The van der Waals surface area contributed by atoms with Gasteiger partial charge in [-0.05, 0) is 36.8 Å². The Morgan fingerprint density at radius 3 is 2.61 bits per heavy atom. The number of anilines is 1. The quantitative estimate of drug-likeness (QED) is 0.888. The number of nitrogens with one attached hydrogen (secondary N) is 1. The van der Waals surface area contributed by atoms with Crippen LogP contribution in [0, 0.1) is 6.92 Å². The van der Waals surface area contributed by atoms with Crippen LogP contribution in [0.2, 0.25) is 0 Å². The van der Waals surface area contributed by atoms with Crippen molar-refractivity contribution in [3.05, 3.63) is 58.1 Å². The van der Waals surface area contributed by atoms with E-state index in [4.69, 9.17) is 0 Å². The standard InChI is InChI=1S/C14H12BrNO2/c1-9-6-7-10(8-12(9)15)16-14(18)11-4-2-3-5-13(11)17/h2-8,17H,1H3,(H,16,18). The summed E-state index contributed by atoms with van der Waals surface area (Å²) in [7, 11) is 0. The number of hydrogen-bond donors (Lipinski definition) is 2. The third-order valence-corrected chi connectivity index (χ3v) is 3.43. The average molecular weight is 306 g/mol. The van der Waals surface area contributed by atoms with Crippen LogP contribution >= 0.6 is 15.9 Å². The van der Waals surface area contributed by atoms with Crippen molar-refractivity contribution in [3.63, 3.8) is 0 Å². The summed E-state index contributed by atoms with van der Waals surface area (Å²) in [6, 6.07) is 12.0. The van der Waals surface area contributed by atoms with Gasteiger partial charge in [0.05, 0.1) is 5.56 Å². The third kappa shape index (κ3) is 2.71. The van der Waals surface area contributed by atoms with Gasteiger partial charge in [0.15, 0.2) is 0 Å². The predicted molar refractivity (Wildman–Crippen MR) is 74.9 cm³/mol. The molecule has 0 aliphatic rings. The van der Waals surface area contributed by atoms with Gasteiger partial charge in [0.25, 0.3) is 5.91 Å². The van der Waals surface area contributed by atoms with Crippen molar-refractivity contribution in [2.75, 3.05) is 5.32 Å². The number of benzene rings is 2. The zero-order valence-electron chi connectivity index (χ0n) is 9.77. The first-order chi connectivity index (χ1) is 8.58. The average Bonchev–Trinajstić information content (AvgIpc) is 2.34. The smallest absolute Gasteiger partial charge is 0.259 e. The summed E-state index contributed by atoms with van der Waals surface area (Å²) >= 11 is 3.41. The summed E-state index contributed by atoms with van der Waals surface area (Å²) in [6.45, 7) is 1.97. The molecule has 0 atom stereocenters. The predicted octanol–water partition coefficient (Wildman–Crippen LogP) is 3.72. The van der Waals surface area contributed by atoms with Crippen LogP contribution in [-0.4, -0.2) is 11.0 Å². The van der Waals surface area contributed by atoms with Crippen LogP contribution in [-0.2, 0) is 0 Å². The van der Waals surface area contributed by atoms with E-state index in [1.54, 1.807) is 18.2 Å². The van der Waals surface area contributed by atoms with Gasteiger partial charge in [0.1, 0.15) is 5.75 Å². The van der Waals surface area contributed by atoms with E-state index in [0.717, 1.165) is 10.0 Å². The molecule has 2 aromatic carbocycles. The molecule has 0 saturated carbocycles. The number of aromatic hydroxyl groups is 1. The maximum atomic E-state index is 11.9. The van der Waals surface area contributed by atoms with E-state index < -0.39 is 0 Å². The van der Waals surface area contributed by atoms with E-state index in [-0.39, 0.29) is 17.2 Å². The fourth-order valence-electron chi connectivity index (χ4n) is 1.53. The highest BCUT2D eigenvalue weighted by Crippen LogP contribution is 2.22. The molecule has 1 amide bonds. The van der Waals surface area contributed by atoms with Gasteiger partial charge >= 0.3 is 0 Å². The Morgan fingerprint density at radius 2 is 1.94 bits per heavy atom. The van der Waals surface area contributed by atoms with Crippen LogP contribution in [0.25, 0.3) is 0 Å². The van der Waals surface area contributed by atoms with Gasteiger partial charge in [-0.15, -0.1) is 0 Å². The normalized spacial score (nSPS) is 10.1. The van der Waals surface area contributed by atoms with Gasteiger partial charge in [-0.1, -0.05) is 34.1 Å². The molecule has 0 bridgehead atoms. The second kappa shape index (κ2) is 5.23. The lowest BCUT2D eigenvalue weighted by Crippen LogP contribution is -2.11. The fourth-order valence-corrected chi connectivity index (χ4v) is 1.91. The van der Waals surface area contributed by atoms with E-state index in [9.17, 15) is 9.90 Å². The Kier molecular flexibility index (Phi) is 3.67. The molecule has 0 heterocycles. The summed E-state index contributed by atoms with van der Waals surface area (Å²) in [5, 5.41) is 12.3. The molecule has 2 rings (SSSR count). The number of phenols is 1. The van der Waals surface area contributed by atoms with Gasteiger partial charge in [-0.25, -0.2) is 0 Å². The summed E-state index contributed by atoms with van der Waals surface area (Å²) in [5.74, 6) is -0.356. The molecule has 3 nitrogen and oxygen atoms in total. The highest BCUT2D eigenvalue weighted by molar-refractivity contribution is 9.10. The fraction of sp³-hybridized carbons (Fsp3) is 0.0714. The first-order valence-corrected chi connectivity index (χ1v) is 6.23. The first-order valence-electron chi connectivity index (χ1n) is 5.43. The summed E-state index contributed by atoms with van der Waals surface area (Å²) in [6.07, 6.45) is 0. The number of rotatable bonds is 2. The van der Waals surface area contributed by atoms with Gasteiger partial charge in [-0.3, -0.25) is 4.79 Å². The van der Waals surface area contributed by atoms with Crippen molar-refractivity contribution in [1.29, 1.82) is 0 Å². The minimum absolute atomic E-state index is 0.0267. The summed E-state index contributed by atoms with van der Waals surface area (Å²) < 4.78 is 0.928. The molecule has 0 aromatic heterocycles. The van der Waals surface area contributed by atoms with Gasteiger partial charge in [-0.2, -0.15) is 0 Å². The van der Waals surface area contributed by atoms with Crippen molar-refractivity contribution >= 4 is 27.5 Å². The maximum absolute atomic E-state index is 11.9. The van der Waals surface area contributed by atoms with E-state index in [2.05, 4.69) is 21.2 Å². The summed E-state index contributed by atoms with van der Waals surface area (Å²) in [4.78, 5) is 11.9. The van der Waals surface area contributed by atoms with Crippen LogP contribution in [0.1, 0.15) is 15.9 Å². The zero-order valence-corrected chi connectivity index (χ0v) is 11.4. The lowest BCUT2D eigenvalue weighted by atomic mass is 10.1. The largest absolute Gasteiger partial charge is 0.507 e. The maximum Gasteiger partial charge on any atom is 0.259 e. The Hall–Kier alpha value is -1.81. The van der Waals surface area contributed by atoms with Crippen molar-refractivity contribution in [2.24, 2.45) is 0 Å². The number of amides is 1. The molecule has 0 radical (unpaired) electrons. The molecule has 0 saturated heterocycles. The monoisotopic (exact) mass is 305 g/mol. The highest BCUT2D eigenvalue weighted by atomic mass is 79.9. The van der Waals surface area contributed by atoms with E-state index in [1.165, 1.54) is 6.07 Å². The van der Waals surface area contributed by atoms with Gasteiger partial charge in [0.2, 0.25) is 0 Å². The zero-order chi connectivity index (χ0) is 13.1. The number of phenolic OH excluding ortho intramolecular Hbond substituents is 1. The van der Waals surface area contributed by atoms with Crippen LogP contribution < -0.4 is 5.32 Å². The Balaban J connectivity index is 2.22. The Bertz CT molecular complexity index is 596. The lowest BCUT2D eigenvalue weighted by molar-refractivity contribution is 0.102. The molecule has 0 aliphatic carbocycles. The molecule has 2 aromatic rings. The van der Waals surface area contributed by atoms with E-state index in [0.29, 0.717) is 5.69 Å². The lowest BCUT2D eigenvalue weighted by Gasteiger charge is -2.08. The number of carbonyl (C=O) groups excluding carboxylic acids is 1. The minimum atomic E-state index is -0.330. The number of para-hydroxylation sites is 1. The number of aryl methyl sites for hydroxylation is 1. The number of carbonyl (C=O) groups is 1. The Labute approximate surface area is 114 Å². The second-order valence-electron chi connectivity index (χ2n) is 3.94. The van der Waals surface area contributed by atoms with Crippen molar-refractivity contribution < 1.29 is 9.90 Å². The van der Waals surface area contributed by atoms with Crippen molar-refractivity contribution in [3.8, 4) is 5.75 Å². The molecule has 4 heteroatoms. The summed E-state index contributed by atoms with van der Waals surface area (Å²) in [5.41, 5.74) is 2.03. The number of hydrogen-bond acceptors (Lipinski definition) is 2. The van der Waals surface area contributed by atoms with Crippen LogP contribution in [0.3, 0.4) is 0 Å². The highest BCUT2D eigenvalue weighted by Gasteiger charge is 2.10. The van der Waals surface area contributed by atoms with Crippen molar-refractivity contribution in [1.82, 2.24) is 0 Å². The van der Waals surface area contributed by atoms with Crippen LogP contribution in [0.15, 0.2) is 46.9 Å². The van der Waals surface area contributed by atoms with Gasteiger partial charge in [0, 0.05) is 10.2 Å². The molecule has 92 valence electrons. The molecule has 0 aliphatic heterocycles. The molecule has 2 N–H and O–H groups in total. The topological polar surface area (TPSA) is 49.3 Å². The second-order valence-corrected chi connectivity index (χ2v) is 4.79. The molecule has 18 heavy (non-hydrogen) atoms. The first kappa shape index (κ1) is 12.6. The Morgan fingerprint density at radius 1 is 1.22 bits per heavy atom. The molecule has 0 spiro atoms. The van der Waals surface area contributed by atoms with E-state index in [1.807, 2.05) is 25.1 Å². The third-order valence-electron chi connectivity index (χ3n) is 2.58.